The molecule has 1 aliphatic heterocycles. The minimum atomic E-state index is -0.938. The molecule has 6 nitrogen and oxygen atoms in total. The minimum absolute atomic E-state index is 0.0544. The molecule has 0 saturated carbocycles. The maximum absolute atomic E-state index is 14.1. The number of fused-ring (bicyclic) bond motifs is 1. The fourth-order valence-electron chi connectivity index (χ4n) is 4.13. The Bertz CT molecular complexity index is 1260. The molecule has 0 unspecified atom stereocenters. The number of rotatable bonds is 4. The maximum Gasteiger partial charge on any atom is 0.230 e. The van der Waals surface area contributed by atoms with E-state index in [1.54, 1.807) is 19.1 Å². The van der Waals surface area contributed by atoms with Crippen molar-refractivity contribution in [2.75, 3.05) is 31.1 Å². The maximum atomic E-state index is 14.1. The van der Waals surface area contributed by atoms with Crippen molar-refractivity contribution >= 4 is 22.0 Å². The van der Waals surface area contributed by atoms with E-state index in [-0.39, 0.29) is 11.7 Å². The van der Waals surface area contributed by atoms with Crippen molar-refractivity contribution in [2.24, 2.45) is 0 Å². The van der Waals surface area contributed by atoms with Gasteiger partial charge in [-0.15, -0.1) is 5.10 Å². The highest BCUT2D eigenvalue weighted by atomic mass is 32.1. The average Bonchev–Trinajstić information content (AvgIpc) is 3.29. The molecule has 10 heteroatoms. The summed E-state index contributed by atoms with van der Waals surface area (Å²) in [7, 11) is 0. The van der Waals surface area contributed by atoms with Crippen molar-refractivity contribution in [1.82, 2.24) is 19.5 Å². The summed E-state index contributed by atoms with van der Waals surface area (Å²) in [6.07, 6.45) is 0. The molecule has 5 rings (SSSR count). The lowest BCUT2D eigenvalue weighted by molar-refractivity contribution is 0.210. The van der Waals surface area contributed by atoms with Crippen LogP contribution in [-0.2, 0) is 0 Å². The summed E-state index contributed by atoms with van der Waals surface area (Å²) >= 11 is 1.28. The number of thiazole rings is 1. The molecule has 2 aromatic heterocycles. The van der Waals surface area contributed by atoms with Crippen LogP contribution in [0.2, 0.25) is 0 Å². The Morgan fingerprint density at radius 3 is 2.34 bits per heavy atom. The Labute approximate surface area is 186 Å². The van der Waals surface area contributed by atoms with E-state index in [4.69, 9.17) is 0 Å². The third-order valence-corrected chi connectivity index (χ3v) is 6.76. The van der Waals surface area contributed by atoms with Gasteiger partial charge in [-0.3, -0.25) is 4.90 Å². The number of aromatic nitrogens is 3. The van der Waals surface area contributed by atoms with Gasteiger partial charge >= 0.3 is 0 Å². The van der Waals surface area contributed by atoms with E-state index in [2.05, 4.69) is 19.9 Å². The fraction of sp³-hybridized carbons (Fsp3) is 0.273. The minimum Gasteiger partial charge on any atom is -0.492 e. The Balaban J connectivity index is 1.48. The lowest BCUT2D eigenvalue weighted by Gasteiger charge is -2.40. The number of piperazine rings is 1. The largest absolute Gasteiger partial charge is 0.492 e. The second-order valence-electron chi connectivity index (χ2n) is 7.72. The van der Waals surface area contributed by atoms with Crippen LogP contribution in [0.5, 0.6) is 5.88 Å². The fourth-order valence-corrected chi connectivity index (χ4v) is 5.29. The molecule has 0 amide bonds. The van der Waals surface area contributed by atoms with Gasteiger partial charge in [-0.1, -0.05) is 17.4 Å². The molecule has 0 radical (unpaired) electrons. The SMILES string of the molecule is Cc1nc2sc([C@H](c3ccc(F)c(F)c3)N3CCN(c4ccc(F)cc4)CC3)c(O)n2n1. The van der Waals surface area contributed by atoms with Crippen LogP contribution < -0.4 is 4.90 Å². The van der Waals surface area contributed by atoms with Crippen LogP contribution in [0.1, 0.15) is 22.3 Å². The molecule has 0 aliphatic carbocycles. The van der Waals surface area contributed by atoms with Crippen molar-refractivity contribution in [3.63, 3.8) is 0 Å². The van der Waals surface area contributed by atoms with Gasteiger partial charge in [0, 0.05) is 31.9 Å². The van der Waals surface area contributed by atoms with E-state index in [0.29, 0.717) is 47.4 Å². The summed E-state index contributed by atoms with van der Waals surface area (Å²) in [5.74, 6) is -1.66. The van der Waals surface area contributed by atoms with E-state index >= 15 is 0 Å². The number of hydrogen-bond donors (Lipinski definition) is 1. The van der Waals surface area contributed by atoms with E-state index in [1.165, 1.54) is 40.1 Å². The molecule has 1 fully saturated rings. The number of aryl methyl sites for hydroxylation is 1. The molecule has 1 saturated heterocycles. The summed E-state index contributed by atoms with van der Waals surface area (Å²) in [6.45, 7) is 4.26. The highest BCUT2D eigenvalue weighted by Crippen LogP contribution is 2.40. The average molecular weight is 459 g/mol. The Kier molecular flexibility index (Phi) is 5.26. The predicted octanol–water partition coefficient (Wildman–Crippen LogP) is 4.13. The van der Waals surface area contributed by atoms with Crippen LogP contribution in [-0.4, -0.2) is 50.8 Å². The number of benzene rings is 2. The first-order valence-electron chi connectivity index (χ1n) is 10.2. The zero-order valence-corrected chi connectivity index (χ0v) is 18.0. The first-order valence-corrected chi connectivity index (χ1v) is 11.0. The van der Waals surface area contributed by atoms with E-state index in [1.807, 2.05) is 0 Å². The van der Waals surface area contributed by atoms with Crippen LogP contribution in [0.25, 0.3) is 4.96 Å². The first-order chi connectivity index (χ1) is 15.4. The highest BCUT2D eigenvalue weighted by molar-refractivity contribution is 7.17. The van der Waals surface area contributed by atoms with Gasteiger partial charge in [-0.2, -0.15) is 4.52 Å². The molecular weight excluding hydrogens is 439 g/mol. The number of halogens is 3. The van der Waals surface area contributed by atoms with Gasteiger partial charge in [-0.05, 0) is 48.9 Å². The standard InChI is InChI=1S/C22H20F3N5OS/c1-13-26-22-30(27-13)21(31)20(32-22)19(14-2-7-17(24)18(25)12-14)29-10-8-28(9-11-29)16-5-3-15(23)4-6-16/h2-7,12,19,31H,8-11H2,1H3/t19-/m0/s1. The quantitative estimate of drug-likeness (QED) is 0.497. The normalized spacial score (nSPS) is 16.1. The van der Waals surface area contributed by atoms with Gasteiger partial charge in [0.1, 0.15) is 11.6 Å². The van der Waals surface area contributed by atoms with Crippen LogP contribution in [0.4, 0.5) is 18.9 Å². The zero-order valence-electron chi connectivity index (χ0n) is 17.2. The van der Waals surface area contributed by atoms with Gasteiger partial charge < -0.3 is 10.0 Å². The van der Waals surface area contributed by atoms with Gasteiger partial charge in [-0.25, -0.2) is 18.2 Å². The molecule has 1 atom stereocenters. The number of anilines is 1. The molecule has 1 N–H and O–H groups in total. The zero-order chi connectivity index (χ0) is 22.4. The van der Waals surface area contributed by atoms with Crippen molar-refractivity contribution in [3.05, 3.63) is 76.2 Å². The second kappa shape index (κ2) is 8.10. The van der Waals surface area contributed by atoms with Crippen molar-refractivity contribution < 1.29 is 18.3 Å². The molecule has 2 aromatic carbocycles. The molecule has 166 valence electrons. The van der Waals surface area contributed by atoms with E-state index < -0.39 is 17.7 Å². The van der Waals surface area contributed by atoms with Gasteiger partial charge in [0.25, 0.3) is 0 Å². The summed E-state index contributed by atoms with van der Waals surface area (Å²) in [4.78, 5) is 9.69. The van der Waals surface area contributed by atoms with Crippen LogP contribution >= 0.6 is 11.3 Å². The van der Waals surface area contributed by atoms with E-state index in [9.17, 15) is 18.3 Å². The predicted molar refractivity (Wildman–Crippen MR) is 116 cm³/mol. The lowest BCUT2D eigenvalue weighted by Crippen LogP contribution is -2.47. The summed E-state index contributed by atoms with van der Waals surface area (Å²) < 4.78 is 42.4. The molecule has 1 aliphatic rings. The Hall–Kier alpha value is -3.11. The first kappa shape index (κ1) is 20.8. The van der Waals surface area contributed by atoms with Crippen LogP contribution in [0.3, 0.4) is 0 Å². The third kappa shape index (κ3) is 3.69. The van der Waals surface area contributed by atoms with Gasteiger partial charge in [0.15, 0.2) is 11.6 Å². The topological polar surface area (TPSA) is 56.9 Å². The van der Waals surface area contributed by atoms with E-state index in [0.717, 1.165) is 11.8 Å². The summed E-state index contributed by atoms with van der Waals surface area (Å²) in [5, 5.41) is 15.1. The van der Waals surface area contributed by atoms with Crippen molar-refractivity contribution in [2.45, 2.75) is 13.0 Å². The molecular formula is C22H20F3N5OS. The smallest absolute Gasteiger partial charge is 0.230 e. The monoisotopic (exact) mass is 459 g/mol. The highest BCUT2D eigenvalue weighted by Gasteiger charge is 2.32. The molecule has 0 spiro atoms. The van der Waals surface area contributed by atoms with Crippen LogP contribution in [0, 0.1) is 24.4 Å². The third-order valence-electron chi connectivity index (χ3n) is 5.68. The molecule has 32 heavy (non-hydrogen) atoms. The number of nitrogens with zero attached hydrogens (tertiary/aromatic N) is 5. The van der Waals surface area contributed by atoms with Gasteiger partial charge in [0.05, 0.1) is 10.9 Å². The summed E-state index contributed by atoms with van der Waals surface area (Å²) in [5.41, 5.74) is 1.46. The van der Waals surface area contributed by atoms with Crippen molar-refractivity contribution in [3.8, 4) is 5.88 Å². The molecule has 0 bridgehead atoms. The van der Waals surface area contributed by atoms with Crippen LogP contribution in [0.15, 0.2) is 42.5 Å². The number of aromatic hydroxyl groups is 1. The Morgan fingerprint density at radius 2 is 1.69 bits per heavy atom. The lowest BCUT2D eigenvalue weighted by atomic mass is 10.0. The molecule has 4 aromatic rings. The Morgan fingerprint density at radius 1 is 0.969 bits per heavy atom. The molecule has 3 heterocycles. The second-order valence-corrected chi connectivity index (χ2v) is 8.73. The summed E-state index contributed by atoms with van der Waals surface area (Å²) in [6, 6.07) is 9.67. The number of hydrogen-bond acceptors (Lipinski definition) is 6. The van der Waals surface area contributed by atoms with Crippen molar-refractivity contribution in [1.29, 1.82) is 0 Å². The van der Waals surface area contributed by atoms with Gasteiger partial charge in [0.2, 0.25) is 10.8 Å².